The summed E-state index contributed by atoms with van der Waals surface area (Å²) in [4.78, 5) is 2.45. The Morgan fingerprint density at radius 3 is 1.87 bits per heavy atom. The molecule has 0 aromatic heterocycles. The quantitative estimate of drug-likeness (QED) is 0.191. The van der Waals surface area contributed by atoms with Gasteiger partial charge in [0, 0.05) is 16.8 Å². The Balaban J connectivity index is 1.26. The van der Waals surface area contributed by atoms with Crippen molar-refractivity contribution < 1.29 is 4.39 Å². The highest BCUT2D eigenvalue weighted by molar-refractivity contribution is 5.89. The van der Waals surface area contributed by atoms with E-state index in [2.05, 4.69) is 146 Å². The van der Waals surface area contributed by atoms with E-state index in [0.29, 0.717) is 0 Å². The lowest BCUT2D eigenvalue weighted by molar-refractivity contribution is 0.195. The number of rotatable bonds is 4. The Morgan fingerprint density at radius 1 is 0.532 bits per heavy atom. The molecule has 0 saturated heterocycles. The monoisotopic (exact) mass is 611 g/mol. The summed E-state index contributed by atoms with van der Waals surface area (Å²) < 4.78 is 14.6. The molecule has 1 heterocycles. The minimum Gasteiger partial charge on any atom is -0.334 e. The highest BCUT2D eigenvalue weighted by Crippen LogP contribution is 2.62. The number of hydrogen-bond acceptors (Lipinski definition) is 1. The van der Waals surface area contributed by atoms with Crippen molar-refractivity contribution in [1.29, 1.82) is 0 Å². The number of hydrogen-bond donors (Lipinski definition) is 0. The summed E-state index contributed by atoms with van der Waals surface area (Å²) in [5.41, 5.74) is 13.2. The van der Waals surface area contributed by atoms with E-state index in [0.717, 1.165) is 18.5 Å². The second-order valence-electron chi connectivity index (χ2n) is 14.1. The molecule has 6 aromatic rings. The van der Waals surface area contributed by atoms with Crippen LogP contribution in [0.25, 0.3) is 22.3 Å². The summed E-state index contributed by atoms with van der Waals surface area (Å²) in [6.07, 6.45) is 4.60. The predicted octanol–water partition coefficient (Wildman–Crippen LogP) is 11.6. The fraction of sp³-hybridized carbons (Fsp3) is 0.200. The Labute approximate surface area is 277 Å². The molecular weight excluding hydrogens is 574 g/mol. The molecular formula is C45H38FN. The topological polar surface area (TPSA) is 3.24 Å². The van der Waals surface area contributed by atoms with E-state index in [1.807, 2.05) is 6.07 Å². The standard InChI is InChI=1S/C45H38FN/c1-43-26-11-12-27-44(43,2)47(36-19-13-18-35(46)30-36)42-25-23-32(29-41(42)43)31-22-24-38-37-20-9-10-21-39(37)45(40(38)28-31,33-14-5-3-6-15-33)34-16-7-4-8-17-34/h3-10,13-25,28-30H,11-12,26-27H2,1-2H3. The third-order valence-electron chi connectivity index (χ3n) is 12.0. The van der Waals surface area contributed by atoms with Gasteiger partial charge >= 0.3 is 0 Å². The molecule has 2 atom stereocenters. The maximum absolute atomic E-state index is 14.6. The Bertz CT molecular complexity index is 2110. The largest absolute Gasteiger partial charge is 0.334 e. The minimum absolute atomic E-state index is 0.0479. The number of fused-ring (bicyclic) bond motifs is 6. The van der Waals surface area contributed by atoms with Gasteiger partial charge in [-0.3, -0.25) is 0 Å². The van der Waals surface area contributed by atoms with E-state index in [1.165, 1.54) is 68.6 Å². The molecule has 0 radical (unpaired) electrons. The van der Waals surface area contributed by atoms with Crippen molar-refractivity contribution in [2.75, 3.05) is 4.90 Å². The van der Waals surface area contributed by atoms with E-state index in [4.69, 9.17) is 0 Å². The normalized spacial score (nSPS) is 21.9. The summed E-state index contributed by atoms with van der Waals surface area (Å²) in [5, 5.41) is 0. The third-order valence-corrected chi connectivity index (χ3v) is 12.0. The fourth-order valence-electron chi connectivity index (χ4n) is 9.56. The first kappa shape index (κ1) is 28.3. The van der Waals surface area contributed by atoms with Crippen LogP contribution >= 0.6 is 0 Å². The lowest BCUT2D eigenvalue weighted by Crippen LogP contribution is -2.54. The van der Waals surface area contributed by atoms with Crippen LogP contribution in [-0.4, -0.2) is 5.54 Å². The zero-order valence-electron chi connectivity index (χ0n) is 27.0. The van der Waals surface area contributed by atoms with Crippen molar-refractivity contribution in [3.8, 4) is 22.3 Å². The zero-order valence-corrected chi connectivity index (χ0v) is 27.0. The highest BCUT2D eigenvalue weighted by atomic mass is 19.1. The molecule has 0 bridgehead atoms. The SMILES string of the molecule is CC12CCCCC1(C)N(c1cccc(F)c1)c1ccc(-c3ccc4c(c3)C(c3ccccc3)(c3ccccc3)c3ccccc3-4)cc12. The van der Waals surface area contributed by atoms with Crippen LogP contribution < -0.4 is 4.90 Å². The van der Waals surface area contributed by atoms with Crippen molar-refractivity contribution >= 4 is 11.4 Å². The first-order valence-electron chi connectivity index (χ1n) is 17.0. The molecule has 0 N–H and O–H groups in total. The van der Waals surface area contributed by atoms with Crippen molar-refractivity contribution in [2.24, 2.45) is 0 Å². The van der Waals surface area contributed by atoms with Gasteiger partial charge in [0.15, 0.2) is 0 Å². The second kappa shape index (κ2) is 10.3. The van der Waals surface area contributed by atoms with Gasteiger partial charge in [-0.15, -0.1) is 0 Å². The Morgan fingerprint density at radius 2 is 1.15 bits per heavy atom. The molecule has 1 saturated carbocycles. The van der Waals surface area contributed by atoms with E-state index in [-0.39, 0.29) is 16.8 Å². The van der Waals surface area contributed by atoms with E-state index >= 15 is 0 Å². The Kier molecular flexibility index (Phi) is 6.18. The fourth-order valence-corrected chi connectivity index (χ4v) is 9.56. The number of nitrogens with zero attached hydrogens (tertiary/aromatic N) is 1. The van der Waals surface area contributed by atoms with Crippen molar-refractivity contribution in [3.05, 3.63) is 179 Å². The molecule has 2 heteroatoms. The molecule has 9 rings (SSSR count). The predicted molar refractivity (Wildman–Crippen MR) is 192 cm³/mol. The molecule has 1 fully saturated rings. The van der Waals surface area contributed by atoms with Gasteiger partial charge in [0.05, 0.1) is 11.0 Å². The van der Waals surface area contributed by atoms with Gasteiger partial charge in [0.25, 0.3) is 0 Å². The first-order chi connectivity index (χ1) is 22.9. The average Bonchev–Trinajstić information content (AvgIpc) is 3.52. The van der Waals surface area contributed by atoms with Gasteiger partial charge < -0.3 is 4.90 Å². The lowest BCUT2D eigenvalue weighted by Gasteiger charge is -2.50. The van der Waals surface area contributed by atoms with E-state index in [1.54, 1.807) is 12.1 Å². The smallest absolute Gasteiger partial charge is 0.125 e. The van der Waals surface area contributed by atoms with Gasteiger partial charge in [0.2, 0.25) is 0 Å². The van der Waals surface area contributed by atoms with E-state index < -0.39 is 5.41 Å². The maximum Gasteiger partial charge on any atom is 0.125 e. The maximum atomic E-state index is 14.6. The molecule has 1 aliphatic heterocycles. The van der Waals surface area contributed by atoms with Crippen LogP contribution in [0.3, 0.4) is 0 Å². The van der Waals surface area contributed by atoms with Crippen molar-refractivity contribution in [2.45, 2.75) is 55.9 Å². The van der Waals surface area contributed by atoms with Crippen LogP contribution in [0.5, 0.6) is 0 Å². The molecule has 3 aliphatic rings. The van der Waals surface area contributed by atoms with Crippen LogP contribution in [0, 0.1) is 5.82 Å². The van der Waals surface area contributed by atoms with Gasteiger partial charge in [-0.2, -0.15) is 0 Å². The summed E-state index contributed by atoms with van der Waals surface area (Å²) in [5.74, 6) is -0.187. The molecule has 1 nitrogen and oxygen atoms in total. The molecule has 0 amide bonds. The Hall–Kier alpha value is -4.95. The van der Waals surface area contributed by atoms with Crippen molar-refractivity contribution in [3.63, 3.8) is 0 Å². The second-order valence-corrected chi connectivity index (χ2v) is 14.1. The number of benzene rings is 6. The van der Waals surface area contributed by atoms with Gasteiger partial charge in [0.1, 0.15) is 5.82 Å². The third kappa shape index (κ3) is 3.82. The van der Waals surface area contributed by atoms with Crippen LogP contribution in [0.2, 0.25) is 0 Å². The van der Waals surface area contributed by atoms with Gasteiger partial charge in [-0.25, -0.2) is 4.39 Å². The lowest BCUT2D eigenvalue weighted by atomic mass is 9.61. The van der Waals surface area contributed by atoms with E-state index in [9.17, 15) is 4.39 Å². The minimum atomic E-state index is -0.427. The van der Waals surface area contributed by atoms with Gasteiger partial charge in [-0.1, -0.05) is 129 Å². The van der Waals surface area contributed by atoms with Gasteiger partial charge in [-0.05, 0) is 106 Å². The molecule has 0 spiro atoms. The first-order valence-corrected chi connectivity index (χ1v) is 17.0. The molecule has 230 valence electrons. The molecule has 2 unspecified atom stereocenters. The number of halogens is 1. The number of anilines is 2. The summed E-state index contributed by atoms with van der Waals surface area (Å²) >= 11 is 0. The average molecular weight is 612 g/mol. The molecule has 47 heavy (non-hydrogen) atoms. The van der Waals surface area contributed by atoms with Crippen LogP contribution in [0.4, 0.5) is 15.8 Å². The summed E-state index contributed by atoms with van der Waals surface area (Å²) in [7, 11) is 0. The highest BCUT2D eigenvalue weighted by Gasteiger charge is 2.57. The van der Waals surface area contributed by atoms with Crippen molar-refractivity contribution in [1.82, 2.24) is 0 Å². The summed E-state index contributed by atoms with van der Waals surface area (Å²) in [6, 6.07) is 52.3. The molecule has 6 aromatic carbocycles. The molecule has 2 aliphatic carbocycles. The van der Waals surface area contributed by atoms with Crippen LogP contribution in [-0.2, 0) is 10.8 Å². The van der Waals surface area contributed by atoms with Crippen LogP contribution in [0.15, 0.2) is 146 Å². The summed E-state index contributed by atoms with van der Waals surface area (Å²) in [6.45, 7) is 4.85. The zero-order chi connectivity index (χ0) is 31.8. The van der Waals surface area contributed by atoms with Crippen LogP contribution in [0.1, 0.15) is 67.3 Å².